The first-order valence-corrected chi connectivity index (χ1v) is 8.79. The van der Waals surface area contributed by atoms with E-state index in [1.54, 1.807) is 35.2 Å². The molecule has 0 aliphatic heterocycles. The van der Waals surface area contributed by atoms with E-state index in [4.69, 9.17) is 11.6 Å². The van der Waals surface area contributed by atoms with Crippen LogP contribution < -0.4 is 5.32 Å². The molecular formula is C20H22ClFN2O2. The van der Waals surface area contributed by atoms with Crippen LogP contribution in [0, 0.1) is 12.7 Å². The second-order valence-corrected chi connectivity index (χ2v) is 6.58. The normalized spacial score (nSPS) is 10.5. The SMILES string of the molecule is CC(=O)N(CCC(=O)Nc1ccc(Cl)cc1C)CCc1ccc(F)cc1. The monoisotopic (exact) mass is 376 g/mol. The molecule has 0 atom stereocenters. The highest BCUT2D eigenvalue weighted by molar-refractivity contribution is 6.30. The van der Waals surface area contributed by atoms with Crippen LogP contribution in [0.1, 0.15) is 24.5 Å². The van der Waals surface area contributed by atoms with Crippen LogP contribution in [0.2, 0.25) is 5.02 Å². The molecule has 0 radical (unpaired) electrons. The van der Waals surface area contributed by atoms with E-state index in [1.807, 2.05) is 6.92 Å². The Morgan fingerprint density at radius 2 is 1.81 bits per heavy atom. The third kappa shape index (κ3) is 6.15. The van der Waals surface area contributed by atoms with Crippen molar-refractivity contribution in [1.82, 2.24) is 4.90 Å². The second kappa shape index (κ2) is 9.34. The van der Waals surface area contributed by atoms with Gasteiger partial charge >= 0.3 is 0 Å². The summed E-state index contributed by atoms with van der Waals surface area (Å²) in [5.74, 6) is -0.544. The molecule has 2 aromatic carbocycles. The number of anilines is 1. The third-order valence-corrected chi connectivity index (χ3v) is 4.34. The van der Waals surface area contributed by atoms with Crippen molar-refractivity contribution >= 4 is 29.1 Å². The molecular weight excluding hydrogens is 355 g/mol. The lowest BCUT2D eigenvalue weighted by molar-refractivity contribution is -0.129. The lowest BCUT2D eigenvalue weighted by Gasteiger charge is -2.21. The van der Waals surface area contributed by atoms with Gasteiger partial charge < -0.3 is 10.2 Å². The van der Waals surface area contributed by atoms with Gasteiger partial charge in [-0.3, -0.25) is 9.59 Å². The lowest BCUT2D eigenvalue weighted by Crippen LogP contribution is -2.33. The van der Waals surface area contributed by atoms with Gasteiger partial charge in [-0.1, -0.05) is 23.7 Å². The number of amides is 2. The molecule has 2 rings (SSSR count). The molecule has 26 heavy (non-hydrogen) atoms. The maximum absolute atomic E-state index is 12.9. The number of nitrogens with one attached hydrogen (secondary N) is 1. The van der Waals surface area contributed by atoms with Crippen LogP contribution >= 0.6 is 11.6 Å². The average molecular weight is 377 g/mol. The molecule has 0 bridgehead atoms. The van der Waals surface area contributed by atoms with Crippen LogP contribution in [-0.2, 0) is 16.0 Å². The first kappa shape index (κ1) is 19.9. The molecule has 6 heteroatoms. The average Bonchev–Trinajstić information content (AvgIpc) is 2.58. The summed E-state index contributed by atoms with van der Waals surface area (Å²) in [5.41, 5.74) is 2.53. The first-order valence-electron chi connectivity index (χ1n) is 8.41. The second-order valence-electron chi connectivity index (χ2n) is 6.14. The molecule has 0 unspecified atom stereocenters. The molecule has 0 spiro atoms. The molecule has 2 aromatic rings. The third-order valence-electron chi connectivity index (χ3n) is 4.10. The quantitative estimate of drug-likeness (QED) is 0.787. The molecule has 0 aliphatic rings. The summed E-state index contributed by atoms with van der Waals surface area (Å²) in [4.78, 5) is 25.6. The van der Waals surface area contributed by atoms with Gasteiger partial charge in [0.05, 0.1) is 0 Å². The van der Waals surface area contributed by atoms with E-state index in [-0.39, 0.29) is 24.1 Å². The summed E-state index contributed by atoms with van der Waals surface area (Å²) in [6.07, 6.45) is 0.808. The molecule has 0 aliphatic carbocycles. The van der Waals surface area contributed by atoms with Crippen LogP contribution in [-0.4, -0.2) is 29.8 Å². The Bertz CT molecular complexity index is 778. The predicted octanol–water partition coefficient (Wildman–Crippen LogP) is 4.21. The summed E-state index contributed by atoms with van der Waals surface area (Å²) in [7, 11) is 0. The van der Waals surface area contributed by atoms with Crippen molar-refractivity contribution in [2.75, 3.05) is 18.4 Å². The number of aryl methyl sites for hydroxylation is 1. The van der Waals surface area contributed by atoms with Crippen LogP contribution in [0.25, 0.3) is 0 Å². The van der Waals surface area contributed by atoms with E-state index in [0.717, 1.165) is 11.1 Å². The summed E-state index contributed by atoms with van der Waals surface area (Å²) in [5, 5.41) is 3.45. The minimum absolute atomic E-state index is 0.0948. The Balaban J connectivity index is 1.86. The molecule has 0 saturated heterocycles. The van der Waals surface area contributed by atoms with Gasteiger partial charge in [0.15, 0.2) is 0 Å². The predicted molar refractivity (Wildman–Crippen MR) is 102 cm³/mol. The van der Waals surface area contributed by atoms with Gasteiger partial charge in [-0.25, -0.2) is 4.39 Å². The van der Waals surface area contributed by atoms with Gasteiger partial charge in [0.25, 0.3) is 0 Å². The van der Waals surface area contributed by atoms with Crippen molar-refractivity contribution in [3.63, 3.8) is 0 Å². The molecule has 0 heterocycles. The van der Waals surface area contributed by atoms with Gasteiger partial charge in [-0.05, 0) is 54.8 Å². The Hall–Kier alpha value is -2.40. The zero-order valence-electron chi connectivity index (χ0n) is 14.9. The van der Waals surface area contributed by atoms with Gasteiger partial charge in [0, 0.05) is 37.1 Å². The van der Waals surface area contributed by atoms with Crippen LogP contribution in [0.3, 0.4) is 0 Å². The number of nitrogens with zero attached hydrogens (tertiary/aromatic N) is 1. The van der Waals surface area contributed by atoms with Gasteiger partial charge in [0.1, 0.15) is 5.82 Å². The number of hydrogen-bond acceptors (Lipinski definition) is 2. The number of hydrogen-bond donors (Lipinski definition) is 1. The lowest BCUT2D eigenvalue weighted by atomic mass is 10.1. The number of carbonyl (C=O) groups is 2. The van der Waals surface area contributed by atoms with Crippen molar-refractivity contribution in [1.29, 1.82) is 0 Å². The molecule has 4 nitrogen and oxygen atoms in total. The maximum atomic E-state index is 12.9. The summed E-state index contributed by atoms with van der Waals surface area (Å²) in [6.45, 7) is 4.15. The molecule has 0 saturated carbocycles. The fourth-order valence-corrected chi connectivity index (χ4v) is 2.79. The Labute approximate surface area is 158 Å². The first-order chi connectivity index (χ1) is 12.3. The topological polar surface area (TPSA) is 49.4 Å². The van der Waals surface area contributed by atoms with Gasteiger partial charge in [-0.15, -0.1) is 0 Å². The molecule has 1 N–H and O–H groups in total. The molecule has 138 valence electrons. The van der Waals surface area contributed by atoms with E-state index in [2.05, 4.69) is 5.32 Å². The number of rotatable bonds is 7. The van der Waals surface area contributed by atoms with Crippen molar-refractivity contribution in [3.05, 3.63) is 64.4 Å². The fourth-order valence-electron chi connectivity index (χ4n) is 2.56. The molecule has 2 amide bonds. The molecule has 0 fully saturated rings. The Morgan fingerprint density at radius 1 is 1.12 bits per heavy atom. The Kier molecular flexibility index (Phi) is 7.16. The smallest absolute Gasteiger partial charge is 0.226 e. The van der Waals surface area contributed by atoms with E-state index >= 15 is 0 Å². The van der Waals surface area contributed by atoms with Gasteiger partial charge in [-0.2, -0.15) is 0 Å². The van der Waals surface area contributed by atoms with Crippen LogP contribution in [0.4, 0.5) is 10.1 Å². The Morgan fingerprint density at radius 3 is 2.42 bits per heavy atom. The van der Waals surface area contributed by atoms with E-state index < -0.39 is 0 Å². The van der Waals surface area contributed by atoms with E-state index in [9.17, 15) is 14.0 Å². The maximum Gasteiger partial charge on any atom is 0.226 e. The van der Waals surface area contributed by atoms with Crippen LogP contribution in [0.5, 0.6) is 0 Å². The van der Waals surface area contributed by atoms with E-state index in [1.165, 1.54) is 19.1 Å². The van der Waals surface area contributed by atoms with Crippen molar-refractivity contribution in [2.45, 2.75) is 26.7 Å². The highest BCUT2D eigenvalue weighted by Crippen LogP contribution is 2.19. The van der Waals surface area contributed by atoms with E-state index in [0.29, 0.717) is 30.2 Å². The van der Waals surface area contributed by atoms with Crippen molar-refractivity contribution in [3.8, 4) is 0 Å². The summed E-state index contributed by atoms with van der Waals surface area (Å²) < 4.78 is 12.9. The zero-order chi connectivity index (χ0) is 19.1. The van der Waals surface area contributed by atoms with Gasteiger partial charge in [0.2, 0.25) is 11.8 Å². The number of carbonyl (C=O) groups excluding carboxylic acids is 2. The van der Waals surface area contributed by atoms with Crippen LogP contribution in [0.15, 0.2) is 42.5 Å². The summed E-state index contributed by atoms with van der Waals surface area (Å²) >= 11 is 5.91. The zero-order valence-corrected chi connectivity index (χ0v) is 15.6. The highest BCUT2D eigenvalue weighted by Gasteiger charge is 2.12. The minimum Gasteiger partial charge on any atom is -0.342 e. The van der Waals surface area contributed by atoms with Crippen molar-refractivity contribution in [2.24, 2.45) is 0 Å². The molecule has 0 aromatic heterocycles. The highest BCUT2D eigenvalue weighted by atomic mass is 35.5. The number of benzene rings is 2. The standard InChI is InChI=1S/C20H22ClFN2O2/c1-14-13-17(21)5-8-19(14)23-20(26)10-12-24(15(2)25)11-9-16-3-6-18(22)7-4-16/h3-8,13H,9-12H2,1-2H3,(H,23,26). The van der Waals surface area contributed by atoms with Crippen molar-refractivity contribution < 1.29 is 14.0 Å². The largest absolute Gasteiger partial charge is 0.342 e. The fraction of sp³-hybridized carbons (Fsp3) is 0.300. The minimum atomic E-state index is -0.286. The number of halogens is 2. The summed E-state index contributed by atoms with van der Waals surface area (Å²) in [6, 6.07) is 11.4.